The summed E-state index contributed by atoms with van der Waals surface area (Å²) >= 11 is 3.16. The van der Waals surface area contributed by atoms with Gasteiger partial charge in [0.05, 0.1) is 6.61 Å². The minimum atomic E-state index is 0.571. The van der Waals surface area contributed by atoms with E-state index in [2.05, 4.69) is 20.9 Å². The highest BCUT2D eigenvalue weighted by molar-refractivity contribution is 9.09. The van der Waals surface area contributed by atoms with Gasteiger partial charge in [-0.2, -0.15) is 0 Å². The lowest BCUT2D eigenvalue weighted by molar-refractivity contribution is 0.172. The predicted molar refractivity (Wildman–Crippen MR) is 42.8 cm³/mol. The fourth-order valence-electron chi connectivity index (χ4n) is 0.640. The second kappa shape index (κ2) is 4.41. The largest absolute Gasteiger partial charge is 0.366 e. The van der Waals surface area contributed by atoms with Gasteiger partial charge in [0.2, 0.25) is 0 Å². The molecule has 0 bridgehead atoms. The van der Waals surface area contributed by atoms with Crippen molar-refractivity contribution in [3.63, 3.8) is 0 Å². The van der Waals surface area contributed by atoms with Gasteiger partial charge in [0, 0.05) is 12.4 Å². The van der Waals surface area contributed by atoms with Gasteiger partial charge in [-0.05, 0) is 11.6 Å². The number of hydrogen-bond donors (Lipinski definition) is 0. The number of pyridine rings is 1. The molecule has 2 nitrogen and oxygen atoms in total. The highest BCUT2D eigenvalue weighted by atomic mass is 79.9. The van der Waals surface area contributed by atoms with Crippen LogP contribution in [-0.2, 0) is 11.3 Å². The molecule has 0 unspecified atom stereocenters. The number of halogens is 1. The summed E-state index contributed by atoms with van der Waals surface area (Å²) in [7, 11) is 0. The van der Waals surface area contributed by atoms with E-state index < -0.39 is 0 Å². The van der Waals surface area contributed by atoms with E-state index in [0.29, 0.717) is 12.1 Å². The molecule has 3 heteroatoms. The number of hydrogen-bond acceptors (Lipinski definition) is 2. The third kappa shape index (κ3) is 2.45. The molecule has 0 saturated heterocycles. The Morgan fingerprint density at radius 3 is 3.10 bits per heavy atom. The normalized spacial score (nSPS) is 9.70. The second-order valence-corrected chi connectivity index (χ2v) is 2.28. The Hall–Kier alpha value is -0.410. The summed E-state index contributed by atoms with van der Waals surface area (Å²) in [5.74, 6) is 0. The summed E-state index contributed by atoms with van der Waals surface area (Å²) < 4.78 is 5.10. The molecule has 0 spiro atoms. The molecule has 0 aliphatic rings. The maximum absolute atomic E-state index is 5.10. The van der Waals surface area contributed by atoms with Crippen LogP contribution in [0.2, 0.25) is 0 Å². The van der Waals surface area contributed by atoms with Gasteiger partial charge >= 0.3 is 0 Å². The van der Waals surface area contributed by atoms with Gasteiger partial charge < -0.3 is 4.74 Å². The quantitative estimate of drug-likeness (QED) is 0.699. The standard InChI is InChI=1S/C7H8BrNO/c8-6-10-5-7-2-1-3-9-4-7/h1-4H,5-6H2. The molecule has 1 heterocycles. The van der Waals surface area contributed by atoms with Crippen molar-refractivity contribution in [2.75, 3.05) is 5.52 Å². The number of ether oxygens (including phenoxy) is 1. The van der Waals surface area contributed by atoms with Crippen LogP contribution in [0, 0.1) is 0 Å². The zero-order valence-electron chi connectivity index (χ0n) is 5.46. The summed E-state index contributed by atoms with van der Waals surface area (Å²) in [6.45, 7) is 0.624. The van der Waals surface area contributed by atoms with Crippen LogP contribution in [0.3, 0.4) is 0 Å². The van der Waals surface area contributed by atoms with Gasteiger partial charge in [0.25, 0.3) is 0 Å². The molecule has 0 aliphatic heterocycles. The van der Waals surface area contributed by atoms with Gasteiger partial charge in [-0.25, -0.2) is 0 Å². The van der Waals surface area contributed by atoms with Gasteiger partial charge in [0.15, 0.2) is 0 Å². The van der Waals surface area contributed by atoms with Gasteiger partial charge in [0.1, 0.15) is 5.52 Å². The van der Waals surface area contributed by atoms with E-state index in [-0.39, 0.29) is 0 Å². The molecule has 0 saturated carbocycles. The Morgan fingerprint density at radius 1 is 1.60 bits per heavy atom. The van der Waals surface area contributed by atoms with Crippen LogP contribution in [0.4, 0.5) is 0 Å². The van der Waals surface area contributed by atoms with Gasteiger partial charge in [-0.15, -0.1) is 0 Å². The minimum absolute atomic E-state index is 0.571. The molecule has 0 fully saturated rings. The van der Waals surface area contributed by atoms with E-state index in [9.17, 15) is 0 Å². The monoisotopic (exact) mass is 201 g/mol. The molecular formula is C7H8BrNO. The topological polar surface area (TPSA) is 22.1 Å². The number of rotatable bonds is 3. The highest BCUT2D eigenvalue weighted by Gasteiger charge is 1.88. The molecule has 10 heavy (non-hydrogen) atoms. The second-order valence-electron chi connectivity index (χ2n) is 1.82. The first-order chi connectivity index (χ1) is 4.93. The minimum Gasteiger partial charge on any atom is -0.366 e. The Labute approximate surface area is 68.4 Å². The zero-order valence-corrected chi connectivity index (χ0v) is 7.04. The molecular weight excluding hydrogens is 194 g/mol. The molecule has 1 rings (SSSR count). The summed E-state index contributed by atoms with van der Waals surface area (Å²) in [5.41, 5.74) is 1.67. The van der Waals surface area contributed by atoms with Crippen LogP contribution in [-0.4, -0.2) is 10.5 Å². The Balaban J connectivity index is 2.43. The fourth-order valence-corrected chi connectivity index (χ4v) is 0.802. The number of aromatic nitrogens is 1. The molecule has 0 aliphatic carbocycles. The maximum Gasteiger partial charge on any atom is 0.102 e. The smallest absolute Gasteiger partial charge is 0.102 e. The van der Waals surface area contributed by atoms with Crippen LogP contribution in [0.15, 0.2) is 24.5 Å². The van der Waals surface area contributed by atoms with Crippen LogP contribution in [0.25, 0.3) is 0 Å². The van der Waals surface area contributed by atoms with E-state index >= 15 is 0 Å². The summed E-state index contributed by atoms with van der Waals surface area (Å²) in [6, 6.07) is 3.88. The summed E-state index contributed by atoms with van der Waals surface area (Å²) in [5, 5.41) is 0. The average molecular weight is 202 g/mol. The molecule has 0 N–H and O–H groups in total. The van der Waals surface area contributed by atoms with E-state index in [1.165, 1.54) is 0 Å². The van der Waals surface area contributed by atoms with E-state index in [1.54, 1.807) is 12.4 Å². The van der Waals surface area contributed by atoms with Crippen LogP contribution in [0.1, 0.15) is 5.56 Å². The lowest BCUT2D eigenvalue weighted by Gasteiger charge is -1.97. The predicted octanol–water partition coefficient (Wildman–Crippen LogP) is 1.95. The summed E-state index contributed by atoms with van der Waals surface area (Å²) in [4.78, 5) is 3.94. The van der Waals surface area contributed by atoms with Crippen molar-refractivity contribution in [1.82, 2.24) is 4.98 Å². The molecule has 0 aromatic carbocycles. The van der Waals surface area contributed by atoms with E-state index in [0.717, 1.165) is 5.56 Å². The Bertz CT molecular complexity index is 178. The molecule has 0 amide bonds. The van der Waals surface area contributed by atoms with Crippen molar-refractivity contribution in [3.05, 3.63) is 30.1 Å². The van der Waals surface area contributed by atoms with E-state index in [1.807, 2.05) is 12.1 Å². The highest BCUT2D eigenvalue weighted by Crippen LogP contribution is 1.98. The molecule has 0 radical (unpaired) electrons. The first kappa shape index (κ1) is 7.69. The lowest BCUT2D eigenvalue weighted by atomic mass is 10.3. The Kier molecular flexibility index (Phi) is 3.40. The van der Waals surface area contributed by atoms with Crippen LogP contribution in [0.5, 0.6) is 0 Å². The van der Waals surface area contributed by atoms with Crippen molar-refractivity contribution in [3.8, 4) is 0 Å². The third-order valence-electron chi connectivity index (χ3n) is 1.07. The molecule has 1 aromatic rings. The van der Waals surface area contributed by atoms with Crippen molar-refractivity contribution in [2.24, 2.45) is 0 Å². The van der Waals surface area contributed by atoms with Crippen molar-refractivity contribution >= 4 is 15.9 Å². The average Bonchev–Trinajstić information content (AvgIpc) is 2.03. The maximum atomic E-state index is 5.10. The van der Waals surface area contributed by atoms with Crippen LogP contribution < -0.4 is 0 Å². The fraction of sp³-hybridized carbons (Fsp3) is 0.286. The van der Waals surface area contributed by atoms with Gasteiger partial charge in [-0.1, -0.05) is 22.0 Å². The third-order valence-corrected chi connectivity index (χ3v) is 1.39. The van der Waals surface area contributed by atoms with Crippen molar-refractivity contribution in [1.29, 1.82) is 0 Å². The molecule has 0 atom stereocenters. The lowest BCUT2D eigenvalue weighted by Crippen LogP contribution is -1.89. The van der Waals surface area contributed by atoms with Crippen molar-refractivity contribution < 1.29 is 4.74 Å². The first-order valence-electron chi connectivity index (χ1n) is 2.96. The first-order valence-corrected chi connectivity index (χ1v) is 4.08. The number of nitrogens with zero attached hydrogens (tertiary/aromatic N) is 1. The zero-order chi connectivity index (χ0) is 7.23. The Morgan fingerprint density at radius 2 is 2.50 bits per heavy atom. The van der Waals surface area contributed by atoms with E-state index in [4.69, 9.17) is 4.74 Å². The SMILES string of the molecule is BrCOCc1cccnc1. The van der Waals surface area contributed by atoms with Gasteiger partial charge in [-0.3, -0.25) is 4.98 Å². The van der Waals surface area contributed by atoms with Crippen molar-refractivity contribution in [2.45, 2.75) is 6.61 Å². The summed E-state index contributed by atoms with van der Waals surface area (Å²) in [6.07, 6.45) is 3.54. The van der Waals surface area contributed by atoms with Crippen LogP contribution >= 0.6 is 15.9 Å². The number of alkyl halides is 1. The molecule has 54 valence electrons. The molecule has 1 aromatic heterocycles.